The summed E-state index contributed by atoms with van der Waals surface area (Å²) in [5.74, 6) is -2.09. The Bertz CT molecular complexity index is 2180. The van der Waals surface area contributed by atoms with Crippen molar-refractivity contribution in [3.05, 3.63) is 96.1 Å². The molecule has 19 atom stereocenters. The molecule has 0 N–H and O–H groups in total. The number of fused-ring (bicyclic) bond motifs is 6. The summed E-state index contributed by atoms with van der Waals surface area (Å²) in [6.07, 6.45) is 2.39. The molecule has 12 bridgehead atoms. The molecule has 14 heteroatoms. The summed E-state index contributed by atoms with van der Waals surface area (Å²) in [4.78, 5) is 41.3. The van der Waals surface area contributed by atoms with Crippen molar-refractivity contribution in [2.75, 3.05) is 13.7 Å². The number of ether oxygens (including phenoxy) is 11. The van der Waals surface area contributed by atoms with Gasteiger partial charge in [0.2, 0.25) is 0 Å². The molecule has 0 aliphatic carbocycles. The molecule has 10 saturated heterocycles. The number of carbonyl (C=O) groups excluding carboxylic acids is 3. The predicted octanol–water partition coefficient (Wildman–Crippen LogP) is 7.20. The lowest BCUT2D eigenvalue weighted by atomic mass is 9.81. The van der Waals surface area contributed by atoms with Crippen molar-refractivity contribution in [3.63, 3.8) is 0 Å². The van der Waals surface area contributed by atoms with E-state index in [-0.39, 0.29) is 105 Å². The zero-order valence-electron chi connectivity index (χ0n) is 39.2. The van der Waals surface area contributed by atoms with Gasteiger partial charge < -0.3 is 52.1 Å². The molecule has 1 spiro atoms. The summed E-state index contributed by atoms with van der Waals surface area (Å²) < 4.78 is 73.0. The lowest BCUT2D eigenvalue weighted by Crippen LogP contribution is -2.61. The number of carbonyl (C=O) groups is 3. The number of esters is 2. The van der Waals surface area contributed by atoms with Crippen molar-refractivity contribution >= 4 is 17.7 Å². The summed E-state index contributed by atoms with van der Waals surface area (Å²) in [6.45, 7) is 11.0. The van der Waals surface area contributed by atoms with E-state index in [1.807, 2.05) is 12.1 Å². The van der Waals surface area contributed by atoms with Gasteiger partial charge in [-0.1, -0.05) is 56.5 Å². The quantitative estimate of drug-likeness (QED) is 0.194. The molecule has 2 aromatic rings. The average molecular weight is 939 g/mol. The van der Waals surface area contributed by atoms with Crippen molar-refractivity contribution in [3.8, 4) is 0 Å². The van der Waals surface area contributed by atoms with Crippen LogP contribution in [0, 0.1) is 11.8 Å². The minimum absolute atomic E-state index is 0.00377. The Labute approximate surface area is 398 Å². The van der Waals surface area contributed by atoms with Gasteiger partial charge in [0.25, 0.3) is 0 Å². The molecule has 2 aromatic carbocycles. The zero-order valence-corrected chi connectivity index (χ0v) is 39.2. The highest BCUT2D eigenvalue weighted by Gasteiger charge is 2.69. The van der Waals surface area contributed by atoms with Crippen molar-refractivity contribution in [1.29, 1.82) is 0 Å². The largest absolute Gasteiger partial charge is 0.458 e. The molecular formula is C54H66O14. The van der Waals surface area contributed by atoms with Crippen LogP contribution in [0.4, 0.5) is 0 Å². The number of rotatable bonds is 8. The van der Waals surface area contributed by atoms with Crippen molar-refractivity contribution < 1.29 is 66.5 Å². The minimum Gasteiger partial charge on any atom is -0.458 e. The van der Waals surface area contributed by atoms with Crippen LogP contribution >= 0.6 is 0 Å². The molecule has 10 aliphatic rings. The normalized spacial score (nSPS) is 42.5. The van der Waals surface area contributed by atoms with E-state index in [0.29, 0.717) is 36.8 Å². The number of hydrogen-bond acceptors (Lipinski definition) is 14. The van der Waals surface area contributed by atoms with Gasteiger partial charge in [0, 0.05) is 51.6 Å². The van der Waals surface area contributed by atoms with Gasteiger partial charge in [-0.3, -0.25) is 4.79 Å². The molecular weight excluding hydrogens is 873 g/mol. The van der Waals surface area contributed by atoms with Gasteiger partial charge in [-0.05, 0) is 86.3 Å². The van der Waals surface area contributed by atoms with Crippen LogP contribution < -0.4 is 0 Å². The molecule has 10 heterocycles. The van der Waals surface area contributed by atoms with Crippen LogP contribution in [0.5, 0.6) is 0 Å². The highest BCUT2D eigenvalue weighted by Crippen LogP contribution is 2.54. The zero-order chi connectivity index (χ0) is 46.7. The third-order valence-electron chi connectivity index (χ3n) is 16.4. The van der Waals surface area contributed by atoms with E-state index in [2.05, 4.69) is 20.1 Å². The first-order valence-corrected chi connectivity index (χ1v) is 25.2. The standard InChI is InChI=1S/C54H66O14/c1-29-21-35-15-17-40-30(2)22-37(60-40)19-20-54-27-45-48(67-54)49-50(66-45)51(68-54)47-41(65-49)18-16-36(62-47)23-34(55)24-39-43(26-42(61-35)31(29)3)64-44(46(39)58-4)25-38(63-53(57)33-13-9-6-10-14-33)28-59-52(56)32-11-7-5-8-12-32/h5-14,29,35-51H,2-3,15-28H2,1,4H3/t29?,35?,36?,37?,38?,39?,40?,41?,42?,43-,44?,45?,46+,47-,48?,49-,50?,51?,54?/m0/s1. The van der Waals surface area contributed by atoms with Crippen LogP contribution in [0.2, 0.25) is 0 Å². The highest BCUT2D eigenvalue weighted by atomic mass is 16.8. The molecule has 12 rings (SSSR count). The smallest absolute Gasteiger partial charge is 0.338 e. The lowest BCUT2D eigenvalue weighted by molar-refractivity contribution is -0.292. The summed E-state index contributed by atoms with van der Waals surface area (Å²) in [5.41, 5.74) is 2.84. The topological polar surface area (TPSA) is 153 Å². The first-order chi connectivity index (χ1) is 33.0. The second kappa shape index (κ2) is 19.4. The summed E-state index contributed by atoms with van der Waals surface area (Å²) in [6, 6.07) is 17.4. The number of Topliss-reactive ketones (excluding diaryl/α,β-unsaturated/α-hetero) is 1. The van der Waals surface area contributed by atoms with Crippen LogP contribution in [0.25, 0.3) is 0 Å². The van der Waals surface area contributed by atoms with Gasteiger partial charge in [-0.25, -0.2) is 9.59 Å². The maximum atomic E-state index is 14.6. The van der Waals surface area contributed by atoms with Crippen LogP contribution in [0.1, 0.15) is 111 Å². The predicted molar refractivity (Wildman–Crippen MR) is 244 cm³/mol. The average Bonchev–Trinajstić information content (AvgIpc) is 4.02. The Morgan fingerprint density at radius 3 is 2.16 bits per heavy atom. The summed E-state index contributed by atoms with van der Waals surface area (Å²) >= 11 is 0. The van der Waals surface area contributed by atoms with E-state index < -0.39 is 54.3 Å². The van der Waals surface area contributed by atoms with Crippen LogP contribution in [0.3, 0.4) is 0 Å². The van der Waals surface area contributed by atoms with Gasteiger partial charge in [-0.2, -0.15) is 0 Å². The van der Waals surface area contributed by atoms with E-state index in [1.54, 1.807) is 55.6 Å². The first kappa shape index (κ1) is 46.5. The summed E-state index contributed by atoms with van der Waals surface area (Å²) in [5, 5.41) is 0. The van der Waals surface area contributed by atoms with Gasteiger partial charge in [-0.15, -0.1) is 0 Å². The molecule has 0 aromatic heterocycles. The molecule has 10 aliphatic heterocycles. The molecule has 10 fully saturated rings. The molecule has 366 valence electrons. The number of benzene rings is 2. The molecule has 0 saturated carbocycles. The van der Waals surface area contributed by atoms with E-state index in [1.165, 1.54) is 0 Å². The number of ketones is 1. The first-order valence-electron chi connectivity index (χ1n) is 25.2. The fraction of sp³-hybridized carbons (Fsp3) is 0.648. The maximum absolute atomic E-state index is 14.6. The lowest BCUT2D eigenvalue weighted by Gasteiger charge is -2.47. The Kier molecular flexibility index (Phi) is 13.3. The fourth-order valence-corrected chi connectivity index (χ4v) is 12.9. The minimum atomic E-state index is -0.900. The third-order valence-corrected chi connectivity index (χ3v) is 16.4. The van der Waals surface area contributed by atoms with Crippen LogP contribution in [-0.4, -0.2) is 135 Å². The molecule has 68 heavy (non-hydrogen) atoms. The van der Waals surface area contributed by atoms with Crippen molar-refractivity contribution in [2.45, 2.75) is 194 Å². The highest BCUT2D eigenvalue weighted by molar-refractivity contribution is 5.90. The van der Waals surface area contributed by atoms with Gasteiger partial charge >= 0.3 is 11.9 Å². The monoisotopic (exact) mass is 938 g/mol. The van der Waals surface area contributed by atoms with Gasteiger partial charge in [0.05, 0.1) is 72.2 Å². The molecule has 0 radical (unpaired) electrons. The molecule has 14 nitrogen and oxygen atoms in total. The molecule has 15 unspecified atom stereocenters. The van der Waals surface area contributed by atoms with Crippen LogP contribution in [0.15, 0.2) is 85.0 Å². The van der Waals surface area contributed by atoms with Crippen molar-refractivity contribution in [1.82, 2.24) is 0 Å². The Hall–Kier alpha value is -3.83. The number of methoxy groups -OCH3 is 1. The van der Waals surface area contributed by atoms with Gasteiger partial charge in [0.1, 0.15) is 49.0 Å². The van der Waals surface area contributed by atoms with E-state index in [4.69, 9.17) is 52.1 Å². The number of hydrogen-bond donors (Lipinski definition) is 0. The van der Waals surface area contributed by atoms with E-state index in [0.717, 1.165) is 49.7 Å². The Morgan fingerprint density at radius 1 is 0.691 bits per heavy atom. The second-order valence-corrected chi connectivity index (χ2v) is 20.9. The van der Waals surface area contributed by atoms with Gasteiger partial charge in [0.15, 0.2) is 5.79 Å². The molecule has 0 amide bonds. The second-order valence-electron chi connectivity index (χ2n) is 20.9. The Balaban J connectivity index is 0.864. The SMILES string of the molecule is C=C1CC2CCC34CC5OC6C(O3)[C@H]3OC(CCC3O[C@H]6C5O4)CC(=O)CC3[C@@H](OC)C(CC(COC(=O)c4ccccc4)OC(=O)c4ccccc4)O[C@H]3CC3OC(CCC1O2)CC(C)C3=C. The summed E-state index contributed by atoms with van der Waals surface area (Å²) in [7, 11) is 1.62. The van der Waals surface area contributed by atoms with E-state index in [9.17, 15) is 14.4 Å². The fourth-order valence-electron chi connectivity index (χ4n) is 12.9. The van der Waals surface area contributed by atoms with Crippen molar-refractivity contribution in [2.24, 2.45) is 11.8 Å². The third kappa shape index (κ3) is 9.30. The van der Waals surface area contributed by atoms with Crippen LogP contribution in [-0.2, 0) is 56.9 Å². The van der Waals surface area contributed by atoms with E-state index >= 15 is 0 Å². The maximum Gasteiger partial charge on any atom is 0.338 e. The Morgan fingerprint density at radius 2 is 1.38 bits per heavy atom.